The van der Waals surface area contributed by atoms with Crippen LogP contribution in [-0.2, 0) is 4.74 Å². The minimum atomic E-state index is 0.0573. The van der Waals surface area contributed by atoms with Crippen LogP contribution >= 0.6 is 0 Å². The van der Waals surface area contributed by atoms with Crippen molar-refractivity contribution < 1.29 is 9.94 Å². The summed E-state index contributed by atoms with van der Waals surface area (Å²) in [5.74, 6) is 4.53. The zero-order valence-electron chi connectivity index (χ0n) is 20.7. The zero-order chi connectivity index (χ0) is 22.3. The van der Waals surface area contributed by atoms with E-state index in [1.807, 2.05) is 5.57 Å². The number of oxime groups is 1. The van der Waals surface area contributed by atoms with Gasteiger partial charge in [-0.15, -0.1) is 0 Å². The van der Waals surface area contributed by atoms with E-state index < -0.39 is 0 Å². The second kappa shape index (κ2) is 7.57. The van der Waals surface area contributed by atoms with Gasteiger partial charge in [0.25, 0.3) is 0 Å². The zero-order valence-corrected chi connectivity index (χ0v) is 20.7. The minimum absolute atomic E-state index is 0.0573. The molecule has 6 aliphatic rings. The largest absolute Gasteiger partial charge is 0.411 e. The van der Waals surface area contributed by atoms with Crippen molar-refractivity contribution >= 4 is 5.71 Å². The van der Waals surface area contributed by atoms with Crippen LogP contribution in [0.4, 0.5) is 0 Å². The molecule has 0 bridgehead atoms. The highest BCUT2D eigenvalue weighted by Crippen LogP contribution is 2.65. The van der Waals surface area contributed by atoms with Gasteiger partial charge in [0.05, 0.1) is 17.4 Å². The van der Waals surface area contributed by atoms with Crippen molar-refractivity contribution in [3.63, 3.8) is 0 Å². The lowest BCUT2D eigenvalue weighted by Gasteiger charge is -2.52. The Bertz CT molecular complexity index is 835. The Kier molecular flexibility index (Phi) is 5.12. The third-order valence-electron chi connectivity index (χ3n) is 11.6. The molecule has 0 amide bonds. The summed E-state index contributed by atoms with van der Waals surface area (Å²) in [6, 6.07) is 0.550. The highest BCUT2D eigenvalue weighted by molar-refractivity contribution is 5.85. The van der Waals surface area contributed by atoms with Crippen molar-refractivity contribution in [3.8, 4) is 0 Å². The van der Waals surface area contributed by atoms with Crippen LogP contribution in [0.1, 0.15) is 91.9 Å². The standard InChI is InChI=1S/C28H44N2O2/c1-16-11-25-26(29-15-16)18(3)28(32-25)10-8-21-22-6-5-19-12-20(30-31)7-9-27(19,4)24(22)13-23(21)17(2)14-28/h16,18-19,21-22,24-26,29,31H,5-15H2,1-4H3/t16-,18+,19+,21-,22-,24-,25+,26-,27-,28-/m0/s1. The van der Waals surface area contributed by atoms with Gasteiger partial charge in [-0.3, -0.25) is 0 Å². The Morgan fingerprint density at radius 1 is 1.12 bits per heavy atom. The predicted molar refractivity (Wildman–Crippen MR) is 128 cm³/mol. The number of allylic oxidation sites excluding steroid dienone is 1. The van der Waals surface area contributed by atoms with E-state index in [0.717, 1.165) is 55.2 Å². The first-order valence-electron chi connectivity index (χ1n) is 13.6. The number of hydrogen-bond donors (Lipinski definition) is 2. The van der Waals surface area contributed by atoms with Crippen molar-refractivity contribution in [3.05, 3.63) is 11.1 Å². The fourth-order valence-corrected chi connectivity index (χ4v) is 9.72. The lowest BCUT2D eigenvalue weighted by Crippen LogP contribution is -2.48. The van der Waals surface area contributed by atoms with Gasteiger partial charge in [0.1, 0.15) is 0 Å². The van der Waals surface area contributed by atoms with Crippen LogP contribution in [-0.4, -0.2) is 35.2 Å². The SMILES string of the molecule is CC1=C2C[C@H]3[C@@H](CC[C@@H]4CC(=NO)CC[C@@]43C)[C@@H]2CC[C@@]2(C1)O[C@@H]1C[C@H](C)CN[C@H]1[C@H]2C. The number of nitrogens with one attached hydrogen (secondary N) is 1. The molecule has 0 aromatic heterocycles. The number of piperidine rings is 1. The Morgan fingerprint density at radius 2 is 1.97 bits per heavy atom. The molecule has 2 aliphatic heterocycles. The predicted octanol–water partition coefficient (Wildman–Crippen LogP) is 5.94. The second-order valence-corrected chi connectivity index (χ2v) is 13.0. The van der Waals surface area contributed by atoms with Crippen LogP contribution in [0.3, 0.4) is 0 Å². The Hall–Kier alpha value is -0.870. The average molecular weight is 441 g/mol. The van der Waals surface area contributed by atoms with Crippen LogP contribution in [0, 0.1) is 40.9 Å². The summed E-state index contributed by atoms with van der Waals surface area (Å²) in [7, 11) is 0. The van der Waals surface area contributed by atoms with Gasteiger partial charge in [-0.1, -0.05) is 37.1 Å². The van der Waals surface area contributed by atoms with Crippen molar-refractivity contribution in [2.45, 2.75) is 110 Å². The molecular formula is C28H44N2O2. The van der Waals surface area contributed by atoms with Gasteiger partial charge in [-0.25, -0.2) is 0 Å². The molecule has 2 saturated heterocycles. The molecule has 178 valence electrons. The molecule has 4 heteroatoms. The van der Waals surface area contributed by atoms with Crippen LogP contribution in [0.15, 0.2) is 16.3 Å². The molecule has 4 aliphatic carbocycles. The Morgan fingerprint density at radius 3 is 2.78 bits per heavy atom. The van der Waals surface area contributed by atoms with Gasteiger partial charge >= 0.3 is 0 Å². The first-order valence-corrected chi connectivity index (χ1v) is 13.6. The van der Waals surface area contributed by atoms with Crippen LogP contribution < -0.4 is 5.32 Å². The molecule has 0 unspecified atom stereocenters. The Labute approximate surface area is 194 Å². The van der Waals surface area contributed by atoms with Gasteiger partial charge in [-0.05, 0) is 113 Å². The lowest BCUT2D eigenvalue weighted by molar-refractivity contribution is -0.0734. The summed E-state index contributed by atoms with van der Waals surface area (Å²) in [6.45, 7) is 11.0. The summed E-state index contributed by atoms with van der Waals surface area (Å²) < 4.78 is 7.02. The van der Waals surface area contributed by atoms with Crippen molar-refractivity contribution in [1.82, 2.24) is 5.32 Å². The summed E-state index contributed by atoms with van der Waals surface area (Å²) in [5, 5.41) is 16.8. The molecule has 10 atom stereocenters. The van der Waals surface area contributed by atoms with Gasteiger partial charge in [0.15, 0.2) is 0 Å². The summed E-state index contributed by atoms with van der Waals surface area (Å²) in [6.07, 6.45) is 12.6. The third-order valence-corrected chi connectivity index (χ3v) is 11.6. The van der Waals surface area contributed by atoms with E-state index in [1.165, 1.54) is 44.9 Å². The molecule has 32 heavy (non-hydrogen) atoms. The minimum Gasteiger partial charge on any atom is -0.411 e. The quantitative estimate of drug-likeness (QED) is 0.278. The molecule has 1 spiro atoms. The molecular weight excluding hydrogens is 396 g/mol. The molecule has 0 aromatic rings. The van der Waals surface area contributed by atoms with Crippen molar-refractivity contribution in [2.24, 2.45) is 46.1 Å². The molecule has 2 heterocycles. The van der Waals surface area contributed by atoms with E-state index >= 15 is 0 Å². The van der Waals surface area contributed by atoms with Gasteiger partial charge < -0.3 is 15.3 Å². The van der Waals surface area contributed by atoms with Gasteiger partial charge in [0.2, 0.25) is 0 Å². The summed E-state index contributed by atoms with van der Waals surface area (Å²) >= 11 is 0. The van der Waals surface area contributed by atoms with E-state index in [4.69, 9.17) is 4.74 Å². The number of ether oxygens (including phenoxy) is 1. The molecule has 2 N–H and O–H groups in total. The fraction of sp³-hybridized carbons (Fsp3) is 0.893. The first kappa shape index (κ1) is 21.6. The number of hydrogen-bond acceptors (Lipinski definition) is 4. The number of fused-ring (bicyclic) bond motifs is 6. The maximum absolute atomic E-state index is 9.37. The second-order valence-electron chi connectivity index (χ2n) is 13.0. The topological polar surface area (TPSA) is 53.9 Å². The molecule has 4 nitrogen and oxygen atoms in total. The molecule has 0 aromatic carbocycles. The fourth-order valence-electron chi connectivity index (χ4n) is 9.72. The summed E-state index contributed by atoms with van der Waals surface area (Å²) in [4.78, 5) is 0. The number of nitrogens with zero attached hydrogens (tertiary/aromatic N) is 1. The van der Waals surface area contributed by atoms with E-state index in [9.17, 15) is 5.21 Å². The highest BCUT2D eigenvalue weighted by atomic mass is 16.5. The summed E-state index contributed by atoms with van der Waals surface area (Å²) in [5.41, 5.74) is 5.04. The maximum Gasteiger partial charge on any atom is 0.0765 e. The molecule has 0 radical (unpaired) electrons. The van der Waals surface area contributed by atoms with E-state index in [2.05, 4.69) is 38.2 Å². The van der Waals surface area contributed by atoms with Crippen LogP contribution in [0.5, 0.6) is 0 Å². The van der Waals surface area contributed by atoms with Gasteiger partial charge in [0, 0.05) is 12.0 Å². The maximum atomic E-state index is 9.37. The third kappa shape index (κ3) is 3.04. The smallest absolute Gasteiger partial charge is 0.0765 e. The number of rotatable bonds is 0. The lowest BCUT2D eigenvalue weighted by atomic mass is 9.52. The van der Waals surface area contributed by atoms with E-state index in [-0.39, 0.29) is 5.60 Å². The highest BCUT2D eigenvalue weighted by Gasteiger charge is 2.59. The first-order chi connectivity index (χ1) is 15.3. The molecule has 6 rings (SSSR count). The molecule has 5 fully saturated rings. The average Bonchev–Trinajstić information content (AvgIpc) is 3.23. The normalized spacial score (nSPS) is 54.2. The Balaban J connectivity index is 1.27. The van der Waals surface area contributed by atoms with Crippen molar-refractivity contribution in [2.75, 3.05) is 6.54 Å². The monoisotopic (exact) mass is 440 g/mol. The molecule has 3 saturated carbocycles. The van der Waals surface area contributed by atoms with Gasteiger partial charge in [-0.2, -0.15) is 0 Å². The van der Waals surface area contributed by atoms with Crippen molar-refractivity contribution in [1.29, 1.82) is 0 Å². The van der Waals surface area contributed by atoms with E-state index in [0.29, 0.717) is 29.4 Å². The van der Waals surface area contributed by atoms with Crippen LogP contribution in [0.25, 0.3) is 0 Å². The van der Waals surface area contributed by atoms with E-state index in [1.54, 1.807) is 5.57 Å². The van der Waals surface area contributed by atoms with Crippen LogP contribution in [0.2, 0.25) is 0 Å².